The number of ether oxygens (including phenoxy) is 1. The van der Waals surface area contributed by atoms with E-state index in [1.54, 1.807) is 6.08 Å². The van der Waals surface area contributed by atoms with E-state index in [1.807, 2.05) is 69.0 Å². The maximum atomic E-state index is 12.6. The molecular weight excluding hydrogens is 426 g/mol. The standard InChI is InChI=1S/C28H41NO3Si/c1-10-29(11-2)27(30)19-21(3)24-17-18-25(31-22(4)23-15-13-12-14-16-23)26(20-24)32-33(8,9)28(5,6)7/h12-20,22H,10-11H2,1-9H3/b21-19+. The Hall–Kier alpha value is -2.53. The van der Waals surface area contributed by atoms with Crippen LogP contribution in [-0.4, -0.2) is 32.2 Å². The summed E-state index contributed by atoms with van der Waals surface area (Å²) in [4.78, 5) is 14.4. The number of carbonyl (C=O) groups is 1. The van der Waals surface area contributed by atoms with Crippen molar-refractivity contribution < 1.29 is 14.0 Å². The average Bonchev–Trinajstić information content (AvgIpc) is 2.75. The number of nitrogens with zero attached hydrogens (tertiary/aromatic N) is 1. The number of rotatable bonds is 9. The topological polar surface area (TPSA) is 38.8 Å². The van der Waals surface area contributed by atoms with E-state index >= 15 is 0 Å². The Kier molecular flexibility index (Phi) is 8.95. The predicted molar refractivity (Wildman–Crippen MR) is 141 cm³/mol. The highest BCUT2D eigenvalue weighted by Crippen LogP contribution is 2.42. The smallest absolute Gasteiger partial charge is 0.250 e. The molecule has 0 fully saturated rings. The normalized spacial score (nSPS) is 13.4. The first-order valence-corrected chi connectivity index (χ1v) is 14.8. The van der Waals surface area contributed by atoms with E-state index in [0.717, 1.165) is 28.2 Å². The largest absolute Gasteiger partial charge is 0.541 e. The van der Waals surface area contributed by atoms with E-state index in [9.17, 15) is 4.79 Å². The van der Waals surface area contributed by atoms with Crippen molar-refractivity contribution in [1.82, 2.24) is 4.90 Å². The molecule has 0 aliphatic rings. The van der Waals surface area contributed by atoms with Crippen LogP contribution < -0.4 is 9.16 Å². The molecule has 2 rings (SSSR count). The molecule has 0 spiro atoms. The monoisotopic (exact) mass is 467 g/mol. The first-order chi connectivity index (χ1) is 15.4. The highest BCUT2D eigenvalue weighted by Gasteiger charge is 2.39. The predicted octanol–water partition coefficient (Wildman–Crippen LogP) is 7.48. The fourth-order valence-electron chi connectivity index (χ4n) is 3.24. The summed E-state index contributed by atoms with van der Waals surface area (Å²) >= 11 is 0. The molecule has 33 heavy (non-hydrogen) atoms. The van der Waals surface area contributed by atoms with Gasteiger partial charge in [0, 0.05) is 19.2 Å². The molecule has 0 aliphatic heterocycles. The molecule has 5 heteroatoms. The zero-order chi connectivity index (χ0) is 24.8. The molecule has 0 bridgehead atoms. The zero-order valence-electron chi connectivity index (χ0n) is 21.9. The lowest BCUT2D eigenvalue weighted by Crippen LogP contribution is -2.44. The average molecular weight is 468 g/mol. The minimum atomic E-state index is -2.10. The van der Waals surface area contributed by atoms with Gasteiger partial charge in [0.15, 0.2) is 5.75 Å². The van der Waals surface area contributed by atoms with Crippen LogP contribution in [0.1, 0.15) is 65.7 Å². The van der Waals surface area contributed by atoms with Crippen LogP contribution >= 0.6 is 0 Å². The van der Waals surface area contributed by atoms with E-state index in [4.69, 9.17) is 9.16 Å². The molecule has 180 valence electrons. The van der Waals surface area contributed by atoms with E-state index < -0.39 is 8.32 Å². The van der Waals surface area contributed by atoms with Crippen molar-refractivity contribution >= 4 is 19.8 Å². The van der Waals surface area contributed by atoms with Gasteiger partial charge in [-0.2, -0.15) is 0 Å². The first kappa shape index (κ1) is 26.7. The minimum Gasteiger partial charge on any atom is -0.541 e. The zero-order valence-corrected chi connectivity index (χ0v) is 22.9. The van der Waals surface area contributed by atoms with Crippen molar-refractivity contribution in [2.45, 2.75) is 72.7 Å². The second-order valence-electron chi connectivity index (χ2n) is 10.0. The van der Waals surface area contributed by atoms with Gasteiger partial charge in [0.05, 0.1) is 0 Å². The molecule has 0 saturated heterocycles. The van der Waals surface area contributed by atoms with Gasteiger partial charge in [0.2, 0.25) is 5.91 Å². The van der Waals surface area contributed by atoms with Crippen molar-refractivity contribution in [1.29, 1.82) is 0 Å². The number of allylic oxidation sites excluding steroid dienone is 1. The van der Waals surface area contributed by atoms with Crippen molar-refractivity contribution in [3.8, 4) is 11.5 Å². The molecule has 0 radical (unpaired) electrons. The van der Waals surface area contributed by atoms with Crippen LogP contribution in [0.4, 0.5) is 0 Å². The molecule has 0 saturated carbocycles. The second-order valence-corrected chi connectivity index (χ2v) is 14.8. The van der Waals surface area contributed by atoms with Gasteiger partial charge in [-0.25, -0.2) is 0 Å². The Morgan fingerprint density at radius 1 is 1.03 bits per heavy atom. The number of benzene rings is 2. The molecule has 0 N–H and O–H groups in total. The van der Waals surface area contributed by atoms with Crippen LogP contribution in [0.15, 0.2) is 54.6 Å². The van der Waals surface area contributed by atoms with E-state index in [2.05, 4.69) is 46.0 Å². The third-order valence-corrected chi connectivity index (χ3v) is 10.9. The Balaban J connectivity index is 2.45. The summed E-state index contributed by atoms with van der Waals surface area (Å²) in [6.07, 6.45) is 1.60. The molecule has 1 atom stereocenters. The number of likely N-dealkylation sites (N-methyl/N-ethyl adjacent to an activating group) is 1. The summed E-state index contributed by atoms with van der Waals surface area (Å²) in [5, 5.41) is 0.0505. The third kappa shape index (κ3) is 6.97. The maximum absolute atomic E-state index is 12.6. The Labute approximate surface area is 201 Å². The first-order valence-electron chi connectivity index (χ1n) is 11.9. The lowest BCUT2D eigenvalue weighted by Gasteiger charge is -2.37. The Morgan fingerprint density at radius 3 is 2.18 bits per heavy atom. The van der Waals surface area contributed by atoms with E-state index in [1.165, 1.54) is 0 Å². The molecule has 2 aromatic carbocycles. The van der Waals surface area contributed by atoms with Gasteiger partial charge in [-0.3, -0.25) is 4.79 Å². The highest BCUT2D eigenvalue weighted by molar-refractivity contribution is 6.74. The number of amides is 1. The maximum Gasteiger partial charge on any atom is 0.250 e. The fraction of sp³-hybridized carbons (Fsp3) is 0.464. The van der Waals surface area contributed by atoms with Gasteiger partial charge < -0.3 is 14.1 Å². The molecule has 4 nitrogen and oxygen atoms in total. The highest BCUT2D eigenvalue weighted by atomic mass is 28.4. The van der Waals surface area contributed by atoms with Gasteiger partial charge in [-0.15, -0.1) is 0 Å². The summed E-state index contributed by atoms with van der Waals surface area (Å²) in [7, 11) is -2.10. The van der Waals surface area contributed by atoms with Crippen molar-refractivity contribution in [2.24, 2.45) is 0 Å². The quantitative estimate of drug-likeness (QED) is 0.283. The van der Waals surface area contributed by atoms with Crippen LogP contribution in [0.25, 0.3) is 5.57 Å². The van der Waals surface area contributed by atoms with Crippen LogP contribution in [0.5, 0.6) is 11.5 Å². The van der Waals surface area contributed by atoms with Gasteiger partial charge in [-0.1, -0.05) is 57.2 Å². The molecule has 0 aliphatic carbocycles. The van der Waals surface area contributed by atoms with Gasteiger partial charge in [0.25, 0.3) is 8.32 Å². The lowest BCUT2D eigenvalue weighted by atomic mass is 10.1. The van der Waals surface area contributed by atoms with Crippen molar-refractivity contribution in [3.05, 3.63) is 65.7 Å². The summed E-state index contributed by atoms with van der Waals surface area (Å²) < 4.78 is 13.1. The number of hydrogen-bond donors (Lipinski definition) is 0. The van der Waals surface area contributed by atoms with Crippen LogP contribution in [0.3, 0.4) is 0 Å². The minimum absolute atomic E-state index is 0.0300. The molecule has 1 amide bonds. The van der Waals surface area contributed by atoms with Crippen molar-refractivity contribution in [3.63, 3.8) is 0 Å². The van der Waals surface area contributed by atoms with Crippen molar-refractivity contribution in [2.75, 3.05) is 13.1 Å². The molecule has 0 heterocycles. The molecular formula is C28H41NO3Si. The summed E-state index contributed by atoms with van der Waals surface area (Å²) in [6.45, 7) is 20.6. The summed E-state index contributed by atoms with van der Waals surface area (Å²) in [6, 6.07) is 16.2. The molecule has 1 unspecified atom stereocenters. The summed E-state index contributed by atoms with van der Waals surface area (Å²) in [5.74, 6) is 1.50. The lowest BCUT2D eigenvalue weighted by molar-refractivity contribution is -0.125. The Bertz CT molecular complexity index is 957. The van der Waals surface area contributed by atoms with Gasteiger partial charge in [-0.05, 0) is 74.7 Å². The van der Waals surface area contributed by atoms with E-state index in [0.29, 0.717) is 13.1 Å². The SMILES string of the molecule is CCN(CC)C(=O)/C=C(\C)c1ccc(OC(C)c2ccccc2)c(O[Si](C)(C)C(C)(C)C)c1. The second kappa shape index (κ2) is 11.1. The van der Waals surface area contributed by atoms with Crippen LogP contribution in [0.2, 0.25) is 18.1 Å². The molecule has 0 aromatic heterocycles. The fourth-order valence-corrected chi connectivity index (χ4v) is 4.25. The van der Waals surface area contributed by atoms with Crippen LogP contribution in [0, 0.1) is 0 Å². The number of carbonyl (C=O) groups excluding carboxylic acids is 1. The van der Waals surface area contributed by atoms with Gasteiger partial charge >= 0.3 is 0 Å². The Morgan fingerprint density at radius 2 is 1.64 bits per heavy atom. The van der Waals surface area contributed by atoms with Gasteiger partial charge in [0.1, 0.15) is 11.9 Å². The number of hydrogen-bond acceptors (Lipinski definition) is 3. The van der Waals surface area contributed by atoms with E-state index in [-0.39, 0.29) is 17.0 Å². The molecule has 2 aromatic rings. The third-order valence-electron chi connectivity index (χ3n) is 6.56. The van der Waals surface area contributed by atoms with Crippen LogP contribution in [-0.2, 0) is 4.79 Å². The summed E-state index contributed by atoms with van der Waals surface area (Å²) in [5.41, 5.74) is 2.99.